The Balaban J connectivity index is 3.31. The third-order valence-corrected chi connectivity index (χ3v) is 1.84. The van der Waals surface area contributed by atoms with E-state index in [9.17, 15) is 0 Å². The average molecular weight is 162 g/mol. The minimum Gasteiger partial charge on any atom is -0.385 e. The van der Waals surface area contributed by atoms with Crippen LogP contribution in [0.4, 0.5) is 5.82 Å². The second-order valence-corrected chi connectivity index (χ2v) is 2.70. The number of nitrogens with two attached hydrogens (primary N) is 1. The molecular weight excluding hydrogens is 148 g/mol. The van der Waals surface area contributed by atoms with Crippen molar-refractivity contribution in [2.45, 2.75) is 13.8 Å². The number of hydrogen-bond acceptors (Lipinski definition) is 1. The first kappa shape index (κ1) is 8.65. The molecule has 2 heteroatoms. The van der Waals surface area contributed by atoms with E-state index in [4.69, 9.17) is 5.73 Å². The number of nitrogen functional groups attached to an aromatic ring is 1. The lowest BCUT2D eigenvalue weighted by molar-refractivity contribution is 1.26. The van der Waals surface area contributed by atoms with Gasteiger partial charge in [-0.25, -0.2) is 0 Å². The van der Waals surface area contributed by atoms with Crippen molar-refractivity contribution in [3.8, 4) is 0 Å². The number of aromatic amines is 1. The van der Waals surface area contributed by atoms with Gasteiger partial charge >= 0.3 is 0 Å². The molecule has 0 saturated carbocycles. The predicted octanol–water partition coefficient (Wildman–Crippen LogP) is 2.58. The SMILES string of the molecule is C=Cc1c(C)[nH]c(N)c1/C=C\C. The summed E-state index contributed by atoms with van der Waals surface area (Å²) in [5.74, 6) is 0.709. The van der Waals surface area contributed by atoms with Crippen LogP contribution < -0.4 is 5.73 Å². The molecule has 1 rings (SSSR count). The molecule has 0 aromatic carbocycles. The van der Waals surface area contributed by atoms with Crippen LogP contribution >= 0.6 is 0 Å². The molecule has 1 aromatic rings. The lowest BCUT2D eigenvalue weighted by atomic mass is 10.1. The smallest absolute Gasteiger partial charge is 0.108 e. The number of aromatic nitrogens is 1. The quantitative estimate of drug-likeness (QED) is 0.689. The van der Waals surface area contributed by atoms with Crippen LogP contribution in [-0.4, -0.2) is 4.98 Å². The van der Waals surface area contributed by atoms with Gasteiger partial charge in [0.25, 0.3) is 0 Å². The predicted molar refractivity (Wildman–Crippen MR) is 54.7 cm³/mol. The fourth-order valence-electron chi connectivity index (χ4n) is 1.29. The van der Waals surface area contributed by atoms with Crippen molar-refractivity contribution in [1.29, 1.82) is 0 Å². The Morgan fingerprint density at radius 3 is 2.58 bits per heavy atom. The molecule has 0 bridgehead atoms. The van der Waals surface area contributed by atoms with Gasteiger partial charge < -0.3 is 10.7 Å². The second kappa shape index (κ2) is 3.30. The lowest BCUT2D eigenvalue weighted by Crippen LogP contribution is -1.86. The lowest BCUT2D eigenvalue weighted by Gasteiger charge is -1.93. The third-order valence-electron chi connectivity index (χ3n) is 1.84. The molecule has 0 saturated heterocycles. The maximum absolute atomic E-state index is 5.75. The van der Waals surface area contributed by atoms with Gasteiger partial charge in [0.15, 0.2) is 0 Å². The monoisotopic (exact) mass is 162 g/mol. The van der Waals surface area contributed by atoms with Crippen molar-refractivity contribution in [3.05, 3.63) is 29.5 Å². The van der Waals surface area contributed by atoms with Crippen LogP contribution in [0.25, 0.3) is 12.2 Å². The Morgan fingerprint density at radius 2 is 2.08 bits per heavy atom. The van der Waals surface area contributed by atoms with E-state index in [-0.39, 0.29) is 0 Å². The van der Waals surface area contributed by atoms with Crippen LogP contribution in [0.2, 0.25) is 0 Å². The van der Waals surface area contributed by atoms with Gasteiger partial charge in [0, 0.05) is 16.8 Å². The Morgan fingerprint density at radius 1 is 1.42 bits per heavy atom. The van der Waals surface area contributed by atoms with Crippen LogP contribution in [0, 0.1) is 6.92 Å². The summed E-state index contributed by atoms with van der Waals surface area (Å²) in [6, 6.07) is 0. The summed E-state index contributed by atoms with van der Waals surface area (Å²) in [7, 11) is 0. The fourth-order valence-corrected chi connectivity index (χ4v) is 1.29. The molecule has 1 heterocycles. The molecule has 0 aliphatic rings. The van der Waals surface area contributed by atoms with E-state index in [1.807, 2.05) is 32.1 Å². The van der Waals surface area contributed by atoms with E-state index in [1.54, 1.807) is 0 Å². The zero-order chi connectivity index (χ0) is 9.14. The number of anilines is 1. The first-order valence-corrected chi connectivity index (χ1v) is 3.93. The number of allylic oxidation sites excluding steroid dienone is 1. The summed E-state index contributed by atoms with van der Waals surface area (Å²) in [6.07, 6.45) is 5.76. The van der Waals surface area contributed by atoms with Gasteiger partial charge in [-0.1, -0.05) is 24.8 Å². The maximum Gasteiger partial charge on any atom is 0.108 e. The van der Waals surface area contributed by atoms with Crippen molar-refractivity contribution in [2.75, 3.05) is 5.73 Å². The van der Waals surface area contributed by atoms with Gasteiger partial charge in [-0.05, 0) is 13.8 Å². The molecular formula is C10H14N2. The zero-order valence-corrected chi connectivity index (χ0v) is 7.52. The molecule has 0 aliphatic heterocycles. The van der Waals surface area contributed by atoms with Crippen LogP contribution in [0.5, 0.6) is 0 Å². The van der Waals surface area contributed by atoms with Crippen LogP contribution in [0.3, 0.4) is 0 Å². The Bertz CT molecular complexity index is 319. The van der Waals surface area contributed by atoms with E-state index in [2.05, 4.69) is 11.6 Å². The molecule has 0 fully saturated rings. The van der Waals surface area contributed by atoms with Gasteiger partial charge in [0.2, 0.25) is 0 Å². The number of hydrogen-bond donors (Lipinski definition) is 2. The van der Waals surface area contributed by atoms with Gasteiger partial charge in [-0.2, -0.15) is 0 Å². The number of H-pyrrole nitrogens is 1. The third kappa shape index (κ3) is 1.28. The minimum absolute atomic E-state index is 0.709. The molecule has 2 nitrogen and oxygen atoms in total. The van der Waals surface area contributed by atoms with Crippen LogP contribution in [-0.2, 0) is 0 Å². The van der Waals surface area contributed by atoms with E-state index >= 15 is 0 Å². The summed E-state index contributed by atoms with van der Waals surface area (Å²) in [4.78, 5) is 3.07. The summed E-state index contributed by atoms with van der Waals surface area (Å²) in [6.45, 7) is 7.69. The van der Waals surface area contributed by atoms with Crippen molar-refractivity contribution in [2.24, 2.45) is 0 Å². The first-order chi connectivity index (χ1) is 5.70. The highest BCUT2D eigenvalue weighted by Crippen LogP contribution is 2.22. The highest BCUT2D eigenvalue weighted by molar-refractivity contribution is 5.74. The molecule has 64 valence electrons. The number of nitrogens with one attached hydrogen (secondary N) is 1. The molecule has 0 spiro atoms. The topological polar surface area (TPSA) is 41.8 Å². The average Bonchev–Trinajstić information content (AvgIpc) is 2.28. The van der Waals surface area contributed by atoms with E-state index in [0.29, 0.717) is 5.82 Å². The molecule has 3 N–H and O–H groups in total. The fraction of sp³-hybridized carbons (Fsp3) is 0.200. The van der Waals surface area contributed by atoms with Gasteiger partial charge in [0.05, 0.1) is 0 Å². The van der Waals surface area contributed by atoms with Crippen LogP contribution in [0.15, 0.2) is 12.7 Å². The van der Waals surface area contributed by atoms with Crippen molar-refractivity contribution in [3.63, 3.8) is 0 Å². The van der Waals surface area contributed by atoms with E-state index in [1.165, 1.54) is 0 Å². The zero-order valence-electron chi connectivity index (χ0n) is 7.52. The highest BCUT2D eigenvalue weighted by Gasteiger charge is 2.06. The summed E-state index contributed by atoms with van der Waals surface area (Å²) >= 11 is 0. The van der Waals surface area contributed by atoms with E-state index in [0.717, 1.165) is 16.8 Å². The summed E-state index contributed by atoms with van der Waals surface area (Å²) in [5.41, 5.74) is 8.94. The number of rotatable bonds is 2. The first-order valence-electron chi connectivity index (χ1n) is 3.93. The Kier molecular flexibility index (Phi) is 2.38. The van der Waals surface area contributed by atoms with Crippen LogP contribution in [0.1, 0.15) is 23.7 Å². The molecule has 0 radical (unpaired) electrons. The standard InChI is InChI=1S/C10H14N2/c1-4-6-9-8(5-2)7(3)12-10(9)11/h4-6,12H,2,11H2,1,3H3/b6-4-. The maximum atomic E-state index is 5.75. The van der Waals surface area contributed by atoms with Gasteiger partial charge in [-0.15, -0.1) is 0 Å². The normalized spacial score (nSPS) is 10.8. The van der Waals surface area contributed by atoms with Gasteiger partial charge in [-0.3, -0.25) is 0 Å². The Labute approximate surface area is 72.8 Å². The largest absolute Gasteiger partial charge is 0.385 e. The van der Waals surface area contributed by atoms with E-state index < -0.39 is 0 Å². The van der Waals surface area contributed by atoms with Crippen molar-refractivity contribution in [1.82, 2.24) is 4.98 Å². The second-order valence-electron chi connectivity index (χ2n) is 2.70. The van der Waals surface area contributed by atoms with Crippen molar-refractivity contribution < 1.29 is 0 Å². The molecule has 1 aromatic heterocycles. The molecule has 0 atom stereocenters. The van der Waals surface area contributed by atoms with Gasteiger partial charge in [0.1, 0.15) is 5.82 Å². The summed E-state index contributed by atoms with van der Waals surface area (Å²) in [5, 5.41) is 0. The number of aryl methyl sites for hydroxylation is 1. The Hall–Kier alpha value is -1.44. The minimum atomic E-state index is 0.709. The molecule has 0 unspecified atom stereocenters. The molecule has 12 heavy (non-hydrogen) atoms. The van der Waals surface area contributed by atoms with Crippen molar-refractivity contribution >= 4 is 18.0 Å². The highest BCUT2D eigenvalue weighted by atomic mass is 14.9. The summed E-state index contributed by atoms with van der Waals surface area (Å²) < 4.78 is 0. The molecule has 0 aliphatic carbocycles. The molecule has 0 amide bonds.